The summed E-state index contributed by atoms with van der Waals surface area (Å²) in [6, 6.07) is 16.7. The number of pyridine rings is 1. The first-order valence-electron chi connectivity index (χ1n) is 11.7. The smallest absolute Gasteiger partial charge is 0.201 e. The number of hydrogen-bond acceptors (Lipinski definition) is 6. The number of benzene rings is 2. The Morgan fingerprint density at radius 3 is 2.83 bits per heavy atom. The summed E-state index contributed by atoms with van der Waals surface area (Å²) in [5.74, 6) is 2.45. The Morgan fingerprint density at radius 2 is 2.00 bits per heavy atom. The number of fused-ring (bicyclic) bond motifs is 3. The number of H-pyrrole nitrogens is 1. The maximum Gasteiger partial charge on any atom is 0.201 e. The minimum absolute atomic E-state index is 0.478. The third-order valence-electron chi connectivity index (χ3n) is 6.61. The summed E-state index contributed by atoms with van der Waals surface area (Å²) in [7, 11) is 0. The number of nitrogens with zero attached hydrogens (tertiary/aromatic N) is 6. The lowest BCUT2D eigenvalue weighted by atomic mass is 9.89. The Morgan fingerprint density at radius 1 is 1.11 bits per heavy atom. The minimum Gasteiger partial charge on any atom is -0.488 e. The molecule has 8 nitrogen and oxygen atoms in total. The molecule has 174 valence electrons. The number of nitrogens with one attached hydrogen (secondary N) is 1. The highest BCUT2D eigenvalue weighted by Crippen LogP contribution is 2.40. The molecule has 0 saturated carbocycles. The number of para-hydroxylation sites is 1. The second-order valence-corrected chi connectivity index (χ2v) is 8.78. The largest absolute Gasteiger partial charge is 0.488 e. The number of ether oxygens (including phenoxy) is 1. The summed E-state index contributed by atoms with van der Waals surface area (Å²) in [5, 5.41) is 14.8. The molecule has 0 radical (unpaired) electrons. The summed E-state index contributed by atoms with van der Waals surface area (Å²) in [5.41, 5.74) is 9.46. The van der Waals surface area contributed by atoms with Crippen molar-refractivity contribution in [2.24, 2.45) is 0 Å². The van der Waals surface area contributed by atoms with Crippen LogP contribution in [0.1, 0.15) is 53.3 Å². The zero-order chi connectivity index (χ0) is 23.9. The molecule has 6 rings (SSSR count). The molecule has 35 heavy (non-hydrogen) atoms. The van der Waals surface area contributed by atoms with Gasteiger partial charge in [-0.2, -0.15) is 5.21 Å². The SMILES string of the molecule is CCc1nc2c(C)ccnc2n1Cc1ccc2c(c1)COc1ccccc1/C2=C(\C)c1nn[nH]n1. The molecule has 2 aromatic carbocycles. The van der Waals surface area contributed by atoms with Crippen LogP contribution in [0.25, 0.3) is 22.3 Å². The van der Waals surface area contributed by atoms with Crippen LogP contribution in [0.4, 0.5) is 0 Å². The summed E-state index contributed by atoms with van der Waals surface area (Å²) < 4.78 is 8.48. The Balaban J connectivity index is 1.48. The Bertz CT molecular complexity index is 1580. The fraction of sp³-hybridized carbons (Fsp3) is 0.222. The normalized spacial score (nSPS) is 14.3. The zero-order valence-electron chi connectivity index (χ0n) is 19.9. The van der Waals surface area contributed by atoms with Gasteiger partial charge in [-0.1, -0.05) is 37.3 Å². The number of aromatic amines is 1. The third-order valence-corrected chi connectivity index (χ3v) is 6.61. The topological polar surface area (TPSA) is 94.4 Å². The van der Waals surface area contributed by atoms with Gasteiger partial charge < -0.3 is 9.30 Å². The molecule has 4 heterocycles. The van der Waals surface area contributed by atoms with Crippen LogP contribution in [0.5, 0.6) is 5.75 Å². The number of aryl methyl sites for hydroxylation is 2. The van der Waals surface area contributed by atoms with Gasteiger partial charge in [-0.3, -0.25) is 0 Å². The maximum absolute atomic E-state index is 6.26. The minimum atomic E-state index is 0.478. The Kier molecular flexibility index (Phi) is 5.13. The van der Waals surface area contributed by atoms with E-state index >= 15 is 0 Å². The predicted molar refractivity (Wildman–Crippen MR) is 134 cm³/mol. The number of allylic oxidation sites excluding steroid dienone is 1. The number of tetrazole rings is 1. The van der Waals surface area contributed by atoms with E-state index in [2.05, 4.69) is 68.3 Å². The number of rotatable bonds is 4. The van der Waals surface area contributed by atoms with Crippen molar-refractivity contribution < 1.29 is 4.74 Å². The van der Waals surface area contributed by atoms with Gasteiger partial charge in [0.2, 0.25) is 5.82 Å². The molecule has 0 amide bonds. The molecular formula is C27H25N7O. The van der Waals surface area contributed by atoms with E-state index in [0.29, 0.717) is 19.0 Å². The van der Waals surface area contributed by atoms with Gasteiger partial charge in [0.1, 0.15) is 23.7 Å². The molecule has 5 aromatic rings. The van der Waals surface area contributed by atoms with Crippen LogP contribution in [0.15, 0.2) is 54.7 Å². The monoisotopic (exact) mass is 463 g/mol. The standard InChI is InChI=1S/C27H25N7O/c1-4-23-29-25-16(2)11-12-28-27(25)34(23)14-18-9-10-20-19(13-18)15-35-22-8-6-5-7-21(22)24(20)17(3)26-30-32-33-31-26/h5-13H,4,14-15H2,1-3H3,(H,30,31,32,33)/b24-17+. The van der Waals surface area contributed by atoms with E-state index in [9.17, 15) is 0 Å². The van der Waals surface area contributed by atoms with Crippen molar-refractivity contribution in [1.29, 1.82) is 0 Å². The van der Waals surface area contributed by atoms with Crippen LogP contribution >= 0.6 is 0 Å². The number of hydrogen-bond donors (Lipinski definition) is 1. The van der Waals surface area contributed by atoms with Gasteiger partial charge in [0, 0.05) is 23.8 Å². The van der Waals surface area contributed by atoms with Crippen molar-refractivity contribution >= 4 is 22.3 Å². The van der Waals surface area contributed by atoms with E-state index in [4.69, 9.17) is 9.72 Å². The van der Waals surface area contributed by atoms with E-state index in [-0.39, 0.29) is 0 Å². The molecule has 3 aromatic heterocycles. The highest BCUT2D eigenvalue weighted by atomic mass is 16.5. The van der Waals surface area contributed by atoms with Crippen molar-refractivity contribution in [2.45, 2.75) is 40.3 Å². The average molecular weight is 464 g/mol. The van der Waals surface area contributed by atoms with Crippen LogP contribution in [0.2, 0.25) is 0 Å². The van der Waals surface area contributed by atoms with E-state index < -0.39 is 0 Å². The first kappa shape index (κ1) is 21.2. The molecule has 0 atom stereocenters. The molecule has 0 spiro atoms. The zero-order valence-corrected chi connectivity index (χ0v) is 19.9. The van der Waals surface area contributed by atoms with Crippen LogP contribution < -0.4 is 4.74 Å². The van der Waals surface area contributed by atoms with Crippen LogP contribution in [-0.2, 0) is 19.6 Å². The van der Waals surface area contributed by atoms with Crippen molar-refractivity contribution in [2.75, 3.05) is 0 Å². The predicted octanol–water partition coefficient (Wildman–Crippen LogP) is 4.73. The van der Waals surface area contributed by atoms with E-state index in [0.717, 1.165) is 62.6 Å². The first-order valence-corrected chi connectivity index (χ1v) is 11.7. The van der Waals surface area contributed by atoms with E-state index in [1.807, 2.05) is 37.4 Å². The van der Waals surface area contributed by atoms with Crippen LogP contribution in [-0.4, -0.2) is 35.2 Å². The van der Waals surface area contributed by atoms with Crippen molar-refractivity contribution in [3.8, 4) is 5.75 Å². The van der Waals surface area contributed by atoms with E-state index in [1.54, 1.807) is 0 Å². The first-order chi connectivity index (χ1) is 17.1. The van der Waals surface area contributed by atoms with Crippen molar-refractivity contribution in [1.82, 2.24) is 35.2 Å². The molecule has 0 fully saturated rings. The fourth-order valence-electron chi connectivity index (χ4n) is 4.85. The summed E-state index contributed by atoms with van der Waals surface area (Å²) in [4.78, 5) is 9.51. The molecular weight excluding hydrogens is 438 g/mol. The number of aromatic nitrogens is 7. The number of imidazole rings is 1. The highest BCUT2D eigenvalue weighted by Gasteiger charge is 2.23. The van der Waals surface area contributed by atoms with Gasteiger partial charge >= 0.3 is 0 Å². The summed E-state index contributed by atoms with van der Waals surface area (Å²) >= 11 is 0. The molecule has 0 bridgehead atoms. The fourth-order valence-corrected chi connectivity index (χ4v) is 4.85. The molecule has 0 saturated heterocycles. The maximum atomic E-state index is 6.26. The molecule has 0 aliphatic carbocycles. The molecule has 0 unspecified atom stereocenters. The van der Waals surface area contributed by atoms with Gasteiger partial charge in [-0.25, -0.2) is 9.97 Å². The van der Waals surface area contributed by atoms with Crippen molar-refractivity contribution in [3.05, 3.63) is 94.2 Å². The lowest BCUT2D eigenvalue weighted by Gasteiger charge is -2.15. The van der Waals surface area contributed by atoms with Gasteiger partial charge in [0.15, 0.2) is 5.65 Å². The highest BCUT2D eigenvalue weighted by molar-refractivity contribution is 5.99. The van der Waals surface area contributed by atoms with E-state index in [1.165, 1.54) is 5.56 Å². The Hall–Kier alpha value is -4.33. The van der Waals surface area contributed by atoms with Crippen LogP contribution in [0, 0.1) is 6.92 Å². The molecule has 1 aliphatic rings. The summed E-state index contributed by atoms with van der Waals surface area (Å²) in [6.07, 6.45) is 2.70. The molecule has 1 N–H and O–H groups in total. The molecule has 1 aliphatic heterocycles. The Labute approximate surface area is 202 Å². The molecule has 8 heteroatoms. The summed E-state index contributed by atoms with van der Waals surface area (Å²) in [6.45, 7) is 7.41. The van der Waals surface area contributed by atoms with Gasteiger partial charge in [-0.05, 0) is 65.1 Å². The van der Waals surface area contributed by atoms with Crippen LogP contribution in [0.3, 0.4) is 0 Å². The quantitative estimate of drug-likeness (QED) is 0.414. The lowest BCUT2D eigenvalue weighted by Crippen LogP contribution is -2.07. The second-order valence-electron chi connectivity index (χ2n) is 8.78. The second kappa shape index (κ2) is 8.47. The average Bonchev–Trinajstić information content (AvgIpc) is 3.50. The lowest BCUT2D eigenvalue weighted by molar-refractivity contribution is 0.307. The third kappa shape index (κ3) is 3.58. The van der Waals surface area contributed by atoms with Gasteiger partial charge in [0.25, 0.3) is 0 Å². The van der Waals surface area contributed by atoms with Gasteiger partial charge in [-0.15, -0.1) is 10.2 Å². The van der Waals surface area contributed by atoms with Crippen molar-refractivity contribution in [3.63, 3.8) is 0 Å². The van der Waals surface area contributed by atoms with Gasteiger partial charge in [0.05, 0.1) is 6.54 Å².